The minimum Gasteiger partial charge on any atom is -0.495 e. The molecule has 0 bridgehead atoms. The number of benzene rings is 6. The van der Waals surface area contributed by atoms with Crippen molar-refractivity contribution in [1.29, 1.82) is 0 Å². The van der Waals surface area contributed by atoms with Crippen LogP contribution in [-0.2, 0) is 12.5 Å². The van der Waals surface area contributed by atoms with E-state index in [1.54, 1.807) is 6.07 Å². The van der Waals surface area contributed by atoms with Gasteiger partial charge in [-0.05, 0) is 76.9 Å². The third-order valence-corrected chi connectivity index (χ3v) is 8.57. The van der Waals surface area contributed by atoms with E-state index in [9.17, 15) is 13.2 Å². The van der Waals surface area contributed by atoms with Crippen LogP contribution in [-0.4, -0.2) is 7.11 Å². The Labute approximate surface area is 302 Å². The summed E-state index contributed by atoms with van der Waals surface area (Å²) in [6, 6.07) is 16.1. The van der Waals surface area contributed by atoms with Gasteiger partial charge in [-0.2, -0.15) is 8.78 Å². The second kappa shape index (κ2) is 15.2. The van der Waals surface area contributed by atoms with Crippen LogP contribution in [0, 0.1) is 58.4 Å². The summed E-state index contributed by atoms with van der Waals surface area (Å²) in [6.45, 7) is 2.09. The second-order valence-electron chi connectivity index (χ2n) is 12.2. The number of halogens is 10. The molecule has 2 nitrogen and oxygen atoms in total. The third kappa shape index (κ3) is 7.57. The van der Waals surface area contributed by atoms with Gasteiger partial charge in [0.25, 0.3) is 0 Å². The summed E-state index contributed by atoms with van der Waals surface area (Å²) in [6.07, 6.45) is -1.89. The van der Waals surface area contributed by atoms with E-state index in [0.717, 1.165) is 49.6 Å². The van der Waals surface area contributed by atoms with Crippen LogP contribution in [0.3, 0.4) is 0 Å². The van der Waals surface area contributed by atoms with Crippen molar-refractivity contribution in [3.8, 4) is 45.6 Å². The lowest BCUT2D eigenvalue weighted by Gasteiger charge is -2.21. The Morgan fingerprint density at radius 1 is 0.611 bits per heavy atom. The minimum absolute atomic E-state index is 0.112. The van der Waals surface area contributed by atoms with E-state index in [4.69, 9.17) is 4.74 Å². The maximum absolute atomic E-state index is 15.7. The summed E-state index contributed by atoms with van der Waals surface area (Å²) in [5.41, 5.74) is -0.832. The lowest BCUT2D eigenvalue weighted by Crippen LogP contribution is -2.25. The molecular weight excluding hydrogens is 726 g/mol. The van der Waals surface area contributed by atoms with E-state index in [2.05, 4.69) is 23.5 Å². The van der Waals surface area contributed by atoms with Crippen molar-refractivity contribution in [2.75, 3.05) is 7.11 Å². The van der Waals surface area contributed by atoms with Crippen molar-refractivity contribution in [2.24, 2.45) is 0 Å². The molecule has 12 heteroatoms. The highest BCUT2D eigenvalue weighted by atomic mass is 19.3. The monoisotopic (exact) mass is 752 g/mol. The van der Waals surface area contributed by atoms with Gasteiger partial charge in [0.2, 0.25) is 0 Å². The fraction of sp³-hybridized carbons (Fsp3) is 0.143. The molecule has 0 aliphatic carbocycles. The lowest BCUT2D eigenvalue weighted by molar-refractivity contribution is -0.189. The summed E-state index contributed by atoms with van der Waals surface area (Å²) in [4.78, 5) is 0. The fourth-order valence-corrected chi connectivity index (χ4v) is 5.87. The molecule has 0 atom stereocenters. The molecule has 0 amide bonds. The van der Waals surface area contributed by atoms with Crippen molar-refractivity contribution >= 4 is 10.8 Å². The predicted molar refractivity (Wildman–Crippen MR) is 183 cm³/mol. The summed E-state index contributed by atoms with van der Waals surface area (Å²) in [5.74, 6) is -9.44. The Morgan fingerprint density at radius 2 is 1.28 bits per heavy atom. The van der Waals surface area contributed by atoms with Gasteiger partial charge in [0.15, 0.2) is 17.5 Å². The number of fused-ring (bicyclic) bond motifs is 1. The number of rotatable bonds is 9. The fourth-order valence-electron chi connectivity index (χ4n) is 5.87. The first kappa shape index (κ1) is 37.8. The van der Waals surface area contributed by atoms with E-state index in [0.29, 0.717) is 35.9 Å². The van der Waals surface area contributed by atoms with Gasteiger partial charge in [0.1, 0.15) is 51.7 Å². The molecule has 6 aromatic rings. The molecule has 0 aliphatic rings. The lowest BCUT2D eigenvalue weighted by atomic mass is 9.95. The zero-order valence-electron chi connectivity index (χ0n) is 28.3. The Balaban J connectivity index is 1.29. The summed E-state index contributed by atoms with van der Waals surface area (Å²) in [7, 11) is 0.992. The normalized spacial score (nSPS) is 11.4. The molecule has 0 unspecified atom stereocenters. The van der Waals surface area contributed by atoms with Crippen LogP contribution in [0.15, 0.2) is 84.9 Å². The van der Waals surface area contributed by atoms with Crippen LogP contribution in [0.1, 0.15) is 42.0 Å². The van der Waals surface area contributed by atoms with Gasteiger partial charge in [-0.1, -0.05) is 61.6 Å². The Kier molecular flexibility index (Phi) is 10.6. The van der Waals surface area contributed by atoms with Crippen LogP contribution in [0.25, 0.3) is 33.0 Å². The molecule has 0 spiro atoms. The van der Waals surface area contributed by atoms with Crippen molar-refractivity contribution in [1.82, 2.24) is 0 Å². The van der Waals surface area contributed by atoms with Crippen molar-refractivity contribution in [2.45, 2.75) is 32.3 Å². The molecule has 0 heterocycles. The van der Waals surface area contributed by atoms with Crippen molar-refractivity contribution in [3.63, 3.8) is 0 Å². The first-order valence-electron chi connectivity index (χ1n) is 16.3. The molecule has 0 radical (unpaired) electrons. The minimum atomic E-state index is -4.86. The number of hydrogen-bond acceptors (Lipinski definition) is 2. The average molecular weight is 753 g/mol. The molecule has 0 saturated heterocycles. The Morgan fingerprint density at radius 3 is 1.93 bits per heavy atom. The van der Waals surface area contributed by atoms with Crippen molar-refractivity contribution in [3.05, 3.63) is 154 Å². The number of ether oxygens (including phenoxy) is 2. The van der Waals surface area contributed by atoms with E-state index in [1.807, 2.05) is 24.3 Å². The smallest absolute Gasteiger partial charge is 0.432 e. The highest BCUT2D eigenvalue weighted by Crippen LogP contribution is 2.41. The van der Waals surface area contributed by atoms with E-state index >= 15 is 30.7 Å². The van der Waals surface area contributed by atoms with Gasteiger partial charge in [-0.15, -0.1) is 0 Å². The molecule has 6 rings (SSSR count). The summed E-state index contributed by atoms with van der Waals surface area (Å²) >= 11 is 0. The van der Waals surface area contributed by atoms with Gasteiger partial charge in [0, 0.05) is 23.3 Å². The van der Waals surface area contributed by atoms with Gasteiger partial charge in [0.05, 0.1) is 12.5 Å². The topological polar surface area (TPSA) is 18.5 Å². The predicted octanol–water partition coefficient (Wildman–Crippen LogP) is 12.2. The van der Waals surface area contributed by atoms with Crippen LogP contribution < -0.4 is 9.47 Å². The first-order chi connectivity index (χ1) is 25.7. The number of alkyl halides is 2. The van der Waals surface area contributed by atoms with Crippen LogP contribution in [0.2, 0.25) is 0 Å². The van der Waals surface area contributed by atoms with Gasteiger partial charge >= 0.3 is 6.11 Å². The molecule has 0 saturated carbocycles. The molecule has 0 aromatic heterocycles. The number of methoxy groups -OCH3 is 1. The largest absolute Gasteiger partial charge is 0.495 e. The van der Waals surface area contributed by atoms with Crippen LogP contribution in [0.4, 0.5) is 43.9 Å². The molecule has 6 aromatic carbocycles. The Bertz CT molecular complexity index is 2440. The number of hydrogen-bond donors (Lipinski definition) is 0. The van der Waals surface area contributed by atoms with Crippen molar-refractivity contribution < 1.29 is 53.4 Å². The summed E-state index contributed by atoms with van der Waals surface area (Å²) < 4.78 is 158. The number of aryl methyl sites for hydroxylation is 1. The zero-order valence-corrected chi connectivity index (χ0v) is 28.3. The van der Waals surface area contributed by atoms with Gasteiger partial charge < -0.3 is 9.47 Å². The molecule has 0 aliphatic heterocycles. The maximum Gasteiger partial charge on any atom is 0.432 e. The maximum atomic E-state index is 15.7. The number of unbranched alkanes of at least 4 members (excludes halogenated alkanes) is 1. The van der Waals surface area contributed by atoms with E-state index in [-0.39, 0.29) is 11.1 Å². The van der Waals surface area contributed by atoms with E-state index in [1.165, 1.54) is 12.1 Å². The quantitative estimate of drug-likeness (QED) is 0.0832. The molecule has 0 fully saturated rings. The molecule has 54 heavy (non-hydrogen) atoms. The van der Waals surface area contributed by atoms with Gasteiger partial charge in [-0.3, -0.25) is 0 Å². The standard InChI is InChI=1S/C42H26F10O2/c1-3-4-5-22-6-9-24(10-7-22)25-11-13-29(31(43)17-25)26-16-27-19-34(46)39(41(50)38(27)33(45)18-26)42(51,52)54-28-20-32(44)30(37(21-28)53-2)12-8-23-14-35(47)40(49)36(48)15-23/h6-7,9-11,13-21H,3-5H2,1-2H3. The van der Waals surface area contributed by atoms with Crippen LogP contribution >= 0.6 is 0 Å². The highest BCUT2D eigenvalue weighted by molar-refractivity contribution is 5.89. The molecule has 0 N–H and O–H groups in total. The third-order valence-electron chi connectivity index (χ3n) is 8.57. The first-order valence-corrected chi connectivity index (χ1v) is 16.3. The van der Waals surface area contributed by atoms with Gasteiger partial charge in [-0.25, -0.2) is 35.1 Å². The van der Waals surface area contributed by atoms with E-state index < -0.39 is 91.6 Å². The highest BCUT2D eigenvalue weighted by Gasteiger charge is 2.42. The second-order valence-corrected chi connectivity index (χ2v) is 12.2. The zero-order chi connectivity index (χ0) is 38.9. The molecular formula is C42H26F10O2. The van der Waals surface area contributed by atoms with Crippen LogP contribution in [0.5, 0.6) is 11.5 Å². The molecule has 276 valence electrons. The SMILES string of the molecule is CCCCc1ccc(-c2ccc(-c3cc(F)c4c(F)c(C(F)(F)Oc5cc(F)c(C#Cc6cc(F)c(F)c(F)c6)c(OC)c5)c(F)cc4c3)c(F)c2)cc1. The Hall–Kier alpha value is -5.96. The summed E-state index contributed by atoms with van der Waals surface area (Å²) in [5, 5.41) is -1.54. The average Bonchev–Trinajstić information content (AvgIpc) is 3.11.